The predicted octanol–water partition coefficient (Wildman–Crippen LogP) is 37.8. The van der Waals surface area contributed by atoms with Gasteiger partial charge in [0.05, 0.1) is 16.5 Å². The van der Waals surface area contributed by atoms with Crippen LogP contribution < -0.4 is 19.6 Å². The van der Waals surface area contributed by atoms with Crippen LogP contribution in [0.4, 0.5) is 68.2 Å². The molecule has 2 spiro atoms. The molecule has 0 fully saturated rings. The van der Waals surface area contributed by atoms with Crippen molar-refractivity contribution in [2.24, 2.45) is 0 Å². The number of nitrogens with zero attached hydrogens (tertiary/aromatic N) is 4. The van der Waals surface area contributed by atoms with Crippen molar-refractivity contribution in [2.45, 2.75) is 57.8 Å². The van der Waals surface area contributed by atoms with Gasteiger partial charge in [0.15, 0.2) is 0 Å². The first-order valence-electron chi connectivity index (χ1n) is 50.7. The quantitative estimate of drug-likeness (QED) is 0.0849. The summed E-state index contributed by atoms with van der Waals surface area (Å²) in [5.41, 5.74) is 56.0. The van der Waals surface area contributed by atoms with Crippen molar-refractivity contribution >= 4 is 68.2 Å². The maximum absolute atomic E-state index is 2.54. The Bertz CT molecular complexity index is 8680. The molecule has 4 heteroatoms. The lowest BCUT2D eigenvalue weighted by Crippen LogP contribution is -2.26. The highest BCUT2D eigenvalue weighted by atomic mass is 15.2. The Morgan fingerprint density at radius 1 is 0.138 bits per heavy atom. The first-order chi connectivity index (χ1) is 71.3. The van der Waals surface area contributed by atoms with Gasteiger partial charge in [-0.2, -0.15) is 0 Å². The van der Waals surface area contributed by atoms with Crippen LogP contribution in [0.5, 0.6) is 0 Å². The molecule has 0 aromatic heterocycles. The van der Waals surface area contributed by atoms with Crippen molar-refractivity contribution in [3.05, 3.63) is 587 Å². The van der Waals surface area contributed by atoms with Gasteiger partial charge in [0, 0.05) is 73.5 Å². The third-order valence-corrected chi connectivity index (χ3v) is 31.8. The van der Waals surface area contributed by atoms with Crippen LogP contribution in [0.15, 0.2) is 510 Å². The lowest BCUT2D eigenvalue weighted by atomic mass is 9.70. The normalized spacial score (nSPS) is 13.2. The molecule has 0 heterocycles. The molecule has 27 rings (SSSR count). The van der Waals surface area contributed by atoms with Crippen molar-refractivity contribution in [2.75, 3.05) is 19.6 Å². The number of fused-ring (bicyclic) bond motifs is 23. The van der Waals surface area contributed by atoms with E-state index in [4.69, 9.17) is 0 Å². The largest absolute Gasteiger partial charge is 0.311 e. The molecule has 0 saturated heterocycles. The van der Waals surface area contributed by atoms with E-state index in [0.29, 0.717) is 0 Å². The van der Waals surface area contributed by atoms with Crippen LogP contribution in [0.25, 0.3) is 122 Å². The van der Waals surface area contributed by atoms with Crippen LogP contribution in [0.3, 0.4) is 0 Å². The zero-order chi connectivity index (χ0) is 96.9. The van der Waals surface area contributed by atoms with Crippen LogP contribution >= 0.6 is 0 Å². The second kappa shape index (κ2) is 34.2. The number of hydrogen-bond donors (Lipinski definition) is 0. The fraction of sp³-hybridized carbons (Fsp3) is 0.0638. The van der Waals surface area contributed by atoms with Gasteiger partial charge in [-0.15, -0.1) is 0 Å². The van der Waals surface area contributed by atoms with Crippen LogP contribution in [0.1, 0.15) is 91.7 Å². The minimum absolute atomic E-state index is 0.308. The monoisotopic (exact) mass is 1850 g/mol. The Balaban J connectivity index is 0.532. The van der Waals surface area contributed by atoms with E-state index in [1.165, 1.54) is 172 Å². The molecular weight excluding hydrogens is 1750 g/mol. The van der Waals surface area contributed by atoms with Crippen molar-refractivity contribution in [3.63, 3.8) is 0 Å². The number of rotatable bonds is 18. The number of benzene rings is 22. The number of aryl methyl sites for hydroxylation is 4. The Hall–Kier alpha value is -18.0. The van der Waals surface area contributed by atoms with Crippen LogP contribution in [0.2, 0.25) is 0 Å². The highest BCUT2D eigenvalue weighted by molar-refractivity contribution is 6.06. The van der Waals surface area contributed by atoms with E-state index in [1.54, 1.807) is 0 Å². The molecule has 145 heavy (non-hydrogen) atoms. The van der Waals surface area contributed by atoms with Gasteiger partial charge >= 0.3 is 0 Å². The number of hydrogen-bond acceptors (Lipinski definition) is 4. The van der Waals surface area contributed by atoms with Gasteiger partial charge in [-0.25, -0.2) is 0 Å². The molecular formula is C141H102N4. The van der Waals surface area contributed by atoms with E-state index in [-0.39, 0.29) is 5.41 Å². The summed E-state index contributed by atoms with van der Waals surface area (Å²) >= 11 is 0. The maximum Gasteiger partial charge on any atom is 0.0727 e. The lowest BCUT2D eigenvalue weighted by Gasteiger charge is -2.33. The van der Waals surface area contributed by atoms with Gasteiger partial charge in [-0.1, -0.05) is 394 Å². The molecule has 0 radical (unpaired) electrons. The van der Waals surface area contributed by atoms with Gasteiger partial charge in [0.1, 0.15) is 0 Å². The summed E-state index contributed by atoms with van der Waals surface area (Å²) in [5.74, 6) is 0. The summed E-state index contributed by atoms with van der Waals surface area (Å²) in [6.07, 6.45) is 0. The SMILES string of the molecule is Cc1ccc(N(c2ccc(C)cc2)c2ccc3c(c2)C2(c4ccccc4-c4ccccc42)c2cc(N(c4ccc(C)cc4)c4ccc(C)cc4)cc(-c4ccc(-c5ccc(N(c6ccc(-c7ccccc7)cc6)c6ccc(-c7cccc(-c8ccc9c(c8)-c8ccc(N(c%10ccc(-c%11ccccc%11)cc%10)c%10cccc%11c%10-c%10ccccc%10C%11%10c%11ccccc%11-c%11ccccc%11%10)cc8C9(C)C)c7)cc6)cc5)cc4)c2-3)cc1. The smallest absolute Gasteiger partial charge is 0.0727 e. The molecule has 22 aromatic carbocycles. The van der Waals surface area contributed by atoms with Crippen LogP contribution in [0, 0.1) is 27.7 Å². The average Bonchev–Trinajstić information content (AvgIpc) is 1.50. The minimum atomic E-state index is -0.716. The highest BCUT2D eigenvalue weighted by Gasteiger charge is 2.55. The van der Waals surface area contributed by atoms with E-state index in [0.717, 1.165) is 96.1 Å². The third-order valence-electron chi connectivity index (χ3n) is 31.8. The third kappa shape index (κ3) is 13.9. The predicted molar refractivity (Wildman–Crippen MR) is 607 cm³/mol. The molecule has 0 bridgehead atoms. The molecule has 0 aliphatic heterocycles. The van der Waals surface area contributed by atoms with E-state index in [2.05, 4.69) is 571 Å². The van der Waals surface area contributed by atoms with E-state index < -0.39 is 10.8 Å². The molecule has 22 aromatic rings. The minimum Gasteiger partial charge on any atom is -0.311 e. The molecule has 0 saturated carbocycles. The van der Waals surface area contributed by atoms with E-state index in [1.807, 2.05) is 0 Å². The Morgan fingerprint density at radius 2 is 0.414 bits per heavy atom. The molecule has 4 nitrogen and oxygen atoms in total. The zero-order valence-electron chi connectivity index (χ0n) is 81.8. The second-order valence-electron chi connectivity index (χ2n) is 40.5. The fourth-order valence-corrected chi connectivity index (χ4v) is 24.8. The first-order valence-corrected chi connectivity index (χ1v) is 50.7. The summed E-state index contributed by atoms with van der Waals surface area (Å²) in [5, 5.41) is 0. The van der Waals surface area contributed by atoms with Crippen LogP contribution in [-0.2, 0) is 16.2 Å². The van der Waals surface area contributed by atoms with E-state index in [9.17, 15) is 0 Å². The second-order valence-corrected chi connectivity index (χ2v) is 40.5. The summed E-state index contributed by atoms with van der Waals surface area (Å²) in [6, 6.07) is 192. The topological polar surface area (TPSA) is 13.0 Å². The molecule has 5 aliphatic rings. The standard InChI is InChI=1S/C141H102N4/c1-91-43-64-106(65-44-91)143(107-66-45-92(2)46-67-107)114-81-83-123-134(89-114)141(129-38-20-15-33-119(129)120-34-16-21-39-130(120)141)135-90-116(144(108-68-47-93(3)48-69-108)109-70-49-94(4)50-71-109)87-124(137(123)135)102-53-51-97(52-54-102)100-57-74-111(75-58-100)142(110-72-55-98(56-73-110)95-25-9-7-10-26-95)112-76-61-101(62-77-112)103-29-23-30-104(85-103)105-63-84-126-125(86-105)121-82-80-115(88-133(121)139(126,5)6)145(113-78-59-99(60-79-113)96-27-11-8-12-28-96)136-42-24-41-132-138(136)122-35-17-22-40-131(122)140(132)127-36-18-13-31-117(127)118-32-14-19-37-128(118)140/h7-90H,1-6H3. The zero-order valence-corrected chi connectivity index (χ0v) is 81.8. The summed E-state index contributed by atoms with van der Waals surface area (Å²) in [7, 11) is 0. The van der Waals surface area contributed by atoms with E-state index >= 15 is 0 Å². The summed E-state index contributed by atoms with van der Waals surface area (Å²) in [6.45, 7) is 13.5. The maximum atomic E-state index is 2.54. The van der Waals surface area contributed by atoms with Gasteiger partial charge in [0.2, 0.25) is 0 Å². The molecule has 0 amide bonds. The Labute approximate surface area is 849 Å². The van der Waals surface area contributed by atoms with Crippen molar-refractivity contribution in [3.8, 4) is 122 Å². The first kappa shape index (κ1) is 86.2. The fourth-order valence-electron chi connectivity index (χ4n) is 24.8. The Kier molecular flexibility index (Phi) is 20.3. The van der Waals surface area contributed by atoms with Gasteiger partial charge < -0.3 is 19.6 Å². The molecule has 0 atom stereocenters. The summed E-state index contributed by atoms with van der Waals surface area (Å²) < 4.78 is 0. The van der Waals surface area contributed by atoms with Crippen molar-refractivity contribution in [1.82, 2.24) is 0 Å². The highest BCUT2D eigenvalue weighted by Crippen LogP contribution is 2.69. The molecule has 5 aliphatic carbocycles. The lowest BCUT2D eigenvalue weighted by molar-refractivity contribution is 0.660. The number of anilines is 12. The van der Waals surface area contributed by atoms with Gasteiger partial charge in [0.25, 0.3) is 0 Å². The molecule has 0 unspecified atom stereocenters. The van der Waals surface area contributed by atoms with Crippen LogP contribution in [-0.4, -0.2) is 0 Å². The summed E-state index contributed by atoms with van der Waals surface area (Å²) in [4.78, 5) is 9.85. The van der Waals surface area contributed by atoms with Gasteiger partial charge in [-0.05, 0) is 352 Å². The van der Waals surface area contributed by atoms with Gasteiger partial charge in [-0.3, -0.25) is 0 Å². The van der Waals surface area contributed by atoms with Crippen molar-refractivity contribution < 1.29 is 0 Å². The Morgan fingerprint density at radius 3 is 0.869 bits per heavy atom. The molecule has 0 N–H and O–H groups in total. The molecule has 686 valence electrons. The van der Waals surface area contributed by atoms with Crippen molar-refractivity contribution in [1.29, 1.82) is 0 Å². The average molecular weight is 1850 g/mol.